The van der Waals surface area contributed by atoms with Crippen molar-refractivity contribution in [2.45, 2.75) is 25.8 Å². The van der Waals surface area contributed by atoms with E-state index in [2.05, 4.69) is 17.1 Å². The lowest BCUT2D eigenvalue weighted by atomic mass is 10.1. The molecule has 0 fully saturated rings. The highest BCUT2D eigenvalue weighted by molar-refractivity contribution is 5.27. The van der Waals surface area contributed by atoms with Crippen LogP contribution < -0.4 is 10.5 Å². The molecule has 0 saturated carbocycles. The van der Waals surface area contributed by atoms with Gasteiger partial charge in [0.05, 0.1) is 6.61 Å². The molecule has 1 aromatic carbocycles. The molecule has 0 aliphatic carbocycles. The molecule has 0 aliphatic heterocycles. The number of nitrogens with zero attached hydrogens (tertiary/aromatic N) is 1. The van der Waals surface area contributed by atoms with Crippen molar-refractivity contribution in [1.29, 1.82) is 0 Å². The van der Waals surface area contributed by atoms with Gasteiger partial charge in [0.15, 0.2) is 0 Å². The second kappa shape index (κ2) is 6.90. The average molecular weight is 256 g/mol. The average Bonchev–Trinajstić information content (AvgIpc) is 2.41. The van der Waals surface area contributed by atoms with Gasteiger partial charge in [0.1, 0.15) is 5.75 Å². The molecule has 2 N–H and O–H groups in total. The second-order valence-corrected chi connectivity index (χ2v) is 4.78. The second-order valence-electron chi connectivity index (χ2n) is 4.78. The molecule has 1 heterocycles. The predicted octanol–water partition coefficient (Wildman–Crippen LogP) is 2.59. The first-order valence-corrected chi connectivity index (χ1v) is 6.60. The standard InChI is InChI=1S/C16H20N2O/c1-13(17)12-15-2-4-16(5-3-15)19-11-8-14-6-9-18-10-7-14/h2-7,9-10,13H,8,11-12,17H2,1H3. The van der Waals surface area contributed by atoms with E-state index in [1.165, 1.54) is 11.1 Å². The maximum atomic E-state index is 5.77. The molecule has 19 heavy (non-hydrogen) atoms. The molecular weight excluding hydrogens is 236 g/mol. The normalized spacial score (nSPS) is 12.1. The Morgan fingerprint density at radius 3 is 2.37 bits per heavy atom. The molecule has 100 valence electrons. The maximum Gasteiger partial charge on any atom is 0.119 e. The van der Waals surface area contributed by atoms with E-state index in [0.29, 0.717) is 6.61 Å². The number of pyridine rings is 1. The smallest absolute Gasteiger partial charge is 0.119 e. The van der Waals surface area contributed by atoms with Crippen LogP contribution >= 0.6 is 0 Å². The predicted molar refractivity (Wildman–Crippen MR) is 77.2 cm³/mol. The van der Waals surface area contributed by atoms with Gasteiger partial charge < -0.3 is 10.5 Å². The van der Waals surface area contributed by atoms with Crippen LogP contribution in [-0.2, 0) is 12.8 Å². The SMILES string of the molecule is CC(N)Cc1ccc(OCCc2ccncc2)cc1. The van der Waals surface area contributed by atoms with Crippen LogP contribution in [0.4, 0.5) is 0 Å². The van der Waals surface area contributed by atoms with Crippen LogP contribution in [0, 0.1) is 0 Å². The van der Waals surface area contributed by atoms with Crippen molar-refractivity contribution in [1.82, 2.24) is 4.98 Å². The van der Waals surface area contributed by atoms with Crippen LogP contribution in [-0.4, -0.2) is 17.6 Å². The first kappa shape index (κ1) is 13.6. The fraction of sp³-hybridized carbons (Fsp3) is 0.312. The Kier molecular flexibility index (Phi) is 4.93. The van der Waals surface area contributed by atoms with Crippen LogP contribution in [0.1, 0.15) is 18.1 Å². The van der Waals surface area contributed by atoms with E-state index in [9.17, 15) is 0 Å². The van der Waals surface area contributed by atoms with Gasteiger partial charge in [-0.15, -0.1) is 0 Å². The van der Waals surface area contributed by atoms with E-state index in [0.717, 1.165) is 18.6 Å². The van der Waals surface area contributed by atoms with E-state index >= 15 is 0 Å². The van der Waals surface area contributed by atoms with Crippen LogP contribution in [0.15, 0.2) is 48.8 Å². The Morgan fingerprint density at radius 1 is 1.05 bits per heavy atom. The number of hydrogen-bond acceptors (Lipinski definition) is 3. The molecular formula is C16H20N2O. The van der Waals surface area contributed by atoms with Crippen molar-refractivity contribution in [2.24, 2.45) is 5.73 Å². The molecule has 3 nitrogen and oxygen atoms in total. The first-order valence-electron chi connectivity index (χ1n) is 6.60. The van der Waals surface area contributed by atoms with Gasteiger partial charge in [-0.3, -0.25) is 4.98 Å². The topological polar surface area (TPSA) is 48.1 Å². The molecule has 2 rings (SSSR count). The summed E-state index contributed by atoms with van der Waals surface area (Å²) in [5, 5.41) is 0. The summed E-state index contributed by atoms with van der Waals surface area (Å²) in [6.07, 6.45) is 5.40. The summed E-state index contributed by atoms with van der Waals surface area (Å²) in [7, 11) is 0. The third-order valence-corrected chi connectivity index (χ3v) is 2.89. The number of ether oxygens (including phenoxy) is 1. The van der Waals surface area contributed by atoms with E-state index in [1.807, 2.05) is 31.2 Å². The minimum atomic E-state index is 0.193. The van der Waals surface area contributed by atoms with Crippen molar-refractivity contribution in [2.75, 3.05) is 6.61 Å². The van der Waals surface area contributed by atoms with Crippen LogP contribution in [0.2, 0.25) is 0 Å². The minimum absolute atomic E-state index is 0.193. The van der Waals surface area contributed by atoms with Gasteiger partial charge in [0.2, 0.25) is 0 Å². The molecule has 0 aliphatic rings. The van der Waals surface area contributed by atoms with Gasteiger partial charge in [-0.2, -0.15) is 0 Å². The number of hydrogen-bond donors (Lipinski definition) is 1. The Labute approximate surface area is 114 Å². The fourth-order valence-corrected chi connectivity index (χ4v) is 1.93. The summed E-state index contributed by atoms with van der Waals surface area (Å²) in [6.45, 7) is 2.69. The van der Waals surface area contributed by atoms with E-state index in [1.54, 1.807) is 12.4 Å². The quantitative estimate of drug-likeness (QED) is 0.864. The Bertz CT molecular complexity index is 480. The lowest BCUT2D eigenvalue weighted by molar-refractivity contribution is 0.322. The molecule has 0 spiro atoms. The Hall–Kier alpha value is -1.87. The number of rotatable bonds is 6. The van der Waals surface area contributed by atoms with Crippen molar-refractivity contribution in [3.8, 4) is 5.75 Å². The minimum Gasteiger partial charge on any atom is -0.493 e. The molecule has 1 aromatic heterocycles. The van der Waals surface area contributed by atoms with E-state index < -0.39 is 0 Å². The Balaban J connectivity index is 1.80. The summed E-state index contributed by atoms with van der Waals surface area (Å²) in [5.41, 5.74) is 8.26. The fourth-order valence-electron chi connectivity index (χ4n) is 1.93. The number of nitrogens with two attached hydrogens (primary N) is 1. The van der Waals surface area contributed by atoms with Gasteiger partial charge >= 0.3 is 0 Å². The van der Waals surface area contributed by atoms with Gasteiger partial charge in [0.25, 0.3) is 0 Å². The maximum absolute atomic E-state index is 5.77. The molecule has 3 heteroatoms. The van der Waals surface area contributed by atoms with Gasteiger partial charge in [-0.05, 0) is 48.7 Å². The first-order chi connectivity index (χ1) is 9.24. The van der Waals surface area contributed by atoms with Gasteiger partial charge in [0, 0.05) is 24.9 Å². The summed E-state index contributed by atoms with van der Waals surface area (Å²) in [5.74, 6) is 0.905. The van der Waals surface area contributed by atoms with Crippen molar-refractivity contribution < 1.29 is 4.74 Å². The van der Waals surface area contributed by atoms with E-state index in [4.69, 9.17) is 10.5 Å². The van der Waals surface area contributed by atoms with Crippen LogP contribution in [0.5, 0.6) is 5.75 Å². The monoisotopic (exact) mass is 256 g/mol. The highest BCUT2D eigenvalue weighted by Crippen LogP contribution is 2.13. The molecule has 1 unspecified atom stereocenters. The molecule has 0 bridgehead atoms. The third-order valence-electron chi connectivity index (χ3n) is 2.89. The zero-order chi connectivity index (χ0) is 13.5. The number of aromatic nitrogens is 1. The lowest BCUT2D eigenvalue weighted by Gasteiger charge is -2.08. The molecule has 0 radical (unpaired) electrons. The molecule has 0 saturated heterocycles. The lowest BCUT2D eigenvalue weighted by Crippen LogP contribution is -2.17. The summed E-state index contributed by atoms with van der Waals surface area (Å²) in [4.78, 5) is 3.99. The van der Waals surface area contributed by atoms with Crippen molar-refractivity contribution in [3.05, 3.63) is 59.9 Å². The summed E-state index contributed by atoms with van der Waals surface area (Å²) >= 11 is 0. The third kappa shape index (κ3) is 4.72. The summed E-state index contributed by atoms with van der Waals surface area (Å²) in [6, 6.07) is 12.4. The largest absolute Gasteiger partial charge is 0.493 e. The van der Waals surface area contributed by atoms with Crippen LogP contribution in [0.3, 0.4) is 0 Å². The molecule has 1 atom stereocenters. The zero-order valence-electron chi connectivity index (χ0n) is 11.3. The van der Waals surface area contributed by atoms with Gasteiger partial charge in [-0.25, -0.2) is 0 Å². The van der Waals surface area contributed by atoms with Crippen LogP contribution in [0.25, 0.3) is 0 Å². The summed E-state index contributed by atoms with van der Waals surface area (Å²) < 4.78 is 5.72. The highest BCUT2D eigenvalue weighted by atomic mass is 16.5. The van der Waals surface area contributed by atoms with Gasteiger partial charge in [-0.1, -0.05) is 12.1 Å². The Morgan fingerprint density at radius 2 is 1.74 bits per heavy atom. The highest BCUT2D eigenvalue weighted by Gasteiger charge is 1.99. The van der Waals surface area contributed by atoms with Crippen molar-refractivity contribution >= 4 is 0 Å². The number of benzene rings is 1. The van der Waals surface area contributed by atoms with E-state index in [-0.39, 0.29) is 6.04 Å². The molecule has 2 aromatic rings. The van der Waals surface area contributed by atoms with Crippen molar-refractivity contribution in [3.63, 3.8) is 0 Å². The zero-order valence-corrected chi connectivity index (χ0v) is 11.3. The molecule has 0 amide bonds.